The van der Waals surface area contributed by atoms with Gasteiger partial charge in [-0.05, 0) is 38.5 Å². The Morgan fingerprint density at radius 2 is 1.05 bits per heavy atom. The van der Waals surface area contributed by atoms with Gasteiger partial charge in [-0.25, -0.2) is 0 Å². The Kier molecular flexibility index (Phi) is 7.84. The average Bonchev–Trinajstić information content (AvgIpc) is 2.40. The number of hydrogen-bond donors (Lipinski definition) is 2. The molecule has 4 heteroatoms. The normalized spacial score (nSPS) is 12.4. The van der Waals surface area contributed by atoms with Gasteiger partial charge in [0, 0.05) is 0 Å². The molecule has 0 rings (SSSR count). The van der Waals surface area contributed by atoms with Crippen molar-refractivity contribution in [2.24, 2.45) is 10.8 Å². The summed E-state index contributed by atoms with van der Waals surface area (Å²) in [5, 5.41) is 19.1. The first-order chi connectivity index (χ1) is 9.34. The zero-order valence-electron chi connectivity index (χ0n) is 13.4. The van der Waals surface area contributed by atoms with Gasteiger partial charge in [-0.15, -0.1) is 0 Å². The van der Waals surface area contributed by atoms with Crippen molar-refractivity contribution in [1.82, 2.24) is 0 Å². The van der Waals surface area contributed by atoms with E-state index in [0.29, 0.717) is 38.5 Å². The second-order valence-corrected chi connectivity index (χ2v) is 5.88. The third-order valence-electron chi connectivity index (χ3n) is 4.80. The first-order valence-electron chi connectivity index (χ1n) is 7.81. The van der Waals surface area contributed by atoms with Crippen LogP contribution in [0.3, 0.4) is 0 Å². The van der Waals surface area contributed by atoms with Gasteiger partial charge in [-0.2, -0.15) is 0 Å². The third kappa shape index (κ3) is 4.22. The van der Waals surface area contributed by atoms with Crippen molar-refractivity contribution in [3.63, 3.8) is 0 Å². The molecular formula is C16H30O4. The van der Waals surface area contributed by atoms with E-state index in [-0.39, 0.29) is 0 Å². The molecule has 0 spiro atoms. The number of carbonyl (C=O) groups is 2. The number of aliphatic carboxylic acids is 2. The van der Waals surface area contributed by atoms with Gasteiger partial charge in [0.2, 0.25) is 0 Å². The molecule has 0 saturated heterocycles. The van der Waals surface area contributed by atoms with Crippen molar-refractivity contribution in [2.45, 2.75) is 79.1 Å². The largest absolute Gasteiger partial charge is 0.481 e. The highest BCUT2D eigenvalue weighted by molar-refractivity contribution is 5.76. The Hall–Kier alpha value is -1.06. The van der Waals surface area contributed by atoms with Gasteiger partial charge in [0.25, 0.3) is 0 Å². The van der Waals surface area contributed by atoms with E-state index in [4.69, 9.17) is 0 Å². The van der Waals surface area contributed by atoms with Crippen LogP contribution in [0.25, 0.3) is 0 Å². The number of carboxylic acid groups (broad SMARTS) is 2. The first kappa shape index (κ1) is 18.9. The van der Waals surface area contributed by atoms with Crippen molar-refractivity contribution in [2.75, 3.05) is 0 Å². The topological polar surface area (TPSA) is 74.6 Å². The predicted molar refractivity (Wildman–Crippen MR) is 79.8 cm³/mol. The van der Waals surface area contributed by atoms with E-state index >= 15 is 0 Å². The van der Waals surface area contributed by atoms with Crippen LogP contribution in [0.15, 0.2) is 0 Å². The van der Waals surface area contributed by atoms with Crippen LogP contribution in [0.2, 0.25) is 0 Å². The quantitative estimate of drug-likeness (QED) is 0.593. The van der Waals surface area contributed by atoms with Gasteiger partial charge >= 0.3 is 11.9 Å². The van der Waals surface area contributed by atoms with E-state index in [9.17, 15) is 19.8 Å². The Labute approximate surface area is 122 Å². The van der Waals surface area contributed by atoms with Gasteiger partial charge < -0.3 is 10.2 Å². The van der Waals surface area contributed by atoms with Crippen LogP contribution < -0.4 is 0 Å². The second kappa shape index (κ2) is 8.28. The molecule has 118 valence electrons. The lowest BCUT2D eigenvalue weighted by atomic mass is 9.69. The minimum Gasteiger partial charge on any atom is -0.481 e. The average molecular weight is 286 g/mol. The summed E-state index contributed by atoms with van der Waals surface area (Å²) in [6, 6.07) is 0. The van der Waals surface area contributed by atoms with E-state index < -0.39 is 22.8 Å². The summed E-state index contributed by atoms with van der Waals surface area (Å²) in [5.74, 6) is -1.57. The molecule has 2 N–H and O–H groups in total. The molecule has 0 amide bonds. The second-order valence-electron chi connectivity index (χ2n) is 5.88. The maximum absolute atomic E-state index is 11.7. The van der Waals surface area contributed by atoms with Crippen LogP contribution in [-0.2, 0) is 9.59 Å². The fourth-order valence-corrected chi connectivity index (χ4v) is 3.14. The molecule has 4 nitrogen and oxygen atoms in total. The van der Waals surface area contributed by atoms with Crippen LogP contribution >= 0.6 is 0 Å². The molecule has 0 bridgehead atoms. The molecule has 0 aromatic carbocycles. The van der Waals surface area contributed by atoms with E-state index in [0.717, 1.165) is 12.8 Å². The Balaban J connectivity index is 5.16. The lowest BCUT2D eigenvalue weighted by Gasteiger charge is -2.34. The van der Waals surface area contributed by atoms with Crippen molar-refractivity contribution < 1.29 is 19.8 Å². The number of rotatable bonds is 11. The molecule has 0 heterocycles. The highest BCUT2D eigenvalue weighted by atomic mass is 16.4. The van der Waals surface area contributed by atoms with E-state index in [2.05, 4.69) is 0 Å². The minimum atomic E-state index is -0.796. The van der Waals surface area contributed by atoms with Crippen LogP contribution in [0, 0.1) is 10.8 Å². The van der Waals surface area contributed by atoms with Gasteiger partial charge in [0.05, 0.1) is 10.8 Å². The molecule has 0 aliphatic heterocycles. The standard InChI is InChI=1S/C16H30O4/c1-5-9-16(10-6-2,14(19)20)12-11-15(7-3,8-4)13(17)18/h5-12H2,1-4H3,(H,17,18)(H,19,20). The van der Waals surface area contributed by atoms with Crippen LogP contribution in [0.4, 0.5) is 0 Å². The lowest BCUT2D eigenvalue weighted by Crippen LogP contribution is -2.36. The summed E-state index contributed by atoms with van der Waals surface area (Å²) >= 11 is 0. The zero-order valence-corrected chi connectivity index (χ0v) is 13.4. The monoisotopic (exact) mass is 286 g/mol. The maximum Gasteiger partial charge on any atom is 0.309 e. The van der Waals surface area contributed by atoms with Gasteiger partial charge in [-0.3, -0.25) is 9.59 Å². The van der Waals surface area contributed by atoms with E-state index in [1.807, 2.05) is 27.7 Å². The van der Waals surface area contributed by atoms with Crippen molar-refractivity contribution in [1.29, 1.82) is 0 Å². The highest BCUT2D eigenvalue weighted by Crippen LogP contribution is 2.41. The molecule has 0 aromatic heterocycles. The molecular weight excluding hydrogens is 256 g/mol. The Morgan fingerprint density at radius 1 is 0.700 bits per heavy atom. The minimum absolute atomic E-state index is 0.446. The molecule has 20 heavy (non-hydrogen) atoms. The summed E-state index contributed by atoms with van der Waals surface area (Å²) in [7, 11) is 0. The molecule has 0 aromatic rings. The van der Waals surface area contributed by atoms with Crippen LogP contribution in [0.1, 0.15) is 79.1 Å². The predicted octanol–water partition coefficient (Wildman–Crippen LogP) is 4.33. The molecule has 0 radical (unpaired) electrons. The third-order valence-corrected chi connectivity index (χ3v) is 4.80. The Bertz CT molecular complexity index is 312. The maximum atomic E-state index is 11.7. The lowest BCUT2D eigenvalue weighted by molar-refractivity contribution is -0.155. The molecule has 0 fully saturated rings. The number of hydrogen-bond acceptors (Lipinski definition) is 2. The van der Waals surface area contributed by atoms with Crippen molar-refractivity contribution >= 4 is 11.9 Å². The SMILES string of the molecule is CCCC(CCC)(CCC(CC)(CC)C(=O)O)C(=O)O. The molecule has 0 saturated carbocycles. The molecule has 0 aliphatic rings. The summed E-state index contributed by atoms with van der Waals surface area (Å²) < 4.78 is 0. The summed E-state index contributed by atoms with van der Waals surface area (Å²) in [4.78, 5) is 23.3. The van der Waals surface area contributed by atoms with Crippen molar-refractivity contribution in [3.8, 4) is 0 Å². The molecule has 0 unspecified atom stereocenters. The molecule has 0 atom stereocenters. The smallest absolute Gasteiger partial charge is 0.309 e. The van der Waals surface area contributed by atoms with E-state index in [1.165, 1.54) is 0 Å². The van der Waals surface area contributed by atoms with Crippen LogP contribution in [-0.4, -0.2) is 22.2 Å². The van der Waals surface area contributed by atoms with Gasteiger partial charge in [0.1, 0.15) is 0 Å². The van der Waals surface area contributed by atoms with Gasteiger partial charge in [-0.1, -0.05) is 40.5 Å². The first-order valence-corrected chi connectivity index (χ1v) is 7.81. The summed E-state index contributed by atoms with van der Waals surface area (Å²) in [5.41, 5.74) is -1.53. The summed E-state index contributed by atoms with van der Waals surface area (Å²) in [6.45, 7) is 7.72. The van der Waals surface area contributed by atoms with Crippen LogP contribution in [0.5, 0.6) is 0 Å². The molecule has 0 aliphatic carbocycles. The fourth-order valence-electron chi connectivity index (χ4n) is 3.14. The highest BCUT2D eigenvalue weighted by Gasteiger charge is 2.42. The number of carboxylic acids is 2. The van der Waals surface area contributed by atoms with Crippen molar-refractivity contribution in [3.05, 3.63) is 0 Å². The Morgan fingerprint density at radius 3 is 1.30 bits per heavy atom. The van der Waals surface area contributed by atoms with E-state index in [1.54, 1.807) is 0 Å². The zero-order chi connectivity index (χ0) is 15.8. The summed E-state index contributed by atoms with van der Waals surface area (Å²) in [6.07, 6.45) is 4.87. The fraction of sp³-hybridized carbons (Fsp3) is 0.875. The van der Waals surface area contributed by atoms with Gasteiger partial charge in [0.15, 0.2) is 0 Å².